The number of nitrogen functional groups attached to an aromatic ring is 2. The van der Waals surface area contributed by atoms with Gasteiger partial charge in [-0.2, -0.15) is 0 Å². The number of non-ortho nitro benzene ring substituents is 2. The third-order valence-electron chi connectivity index (χ3n) is 10.0. The molecule has 422 valence electrons. The number of phenolic OH excluding ortho intramolecular Hbond substituents is 2. The van der Waals surface area contributed by atoms with Gasteiger partial charge in [0.25, 0.3) is 11.4 Å². The SMILES string of the molecule is C.CC(C)(C)Cn1nnc2c(Br)c(O)ccc21.CC(C)(C)Cn1nnc2cc(N)ccc21.CC(C)(C)Cn1nnc2cc(O)ccc21.CC(C)(C)Cn1nnc2cc([N+](=O)[O-])ccc21.Nc1cc([N+](=O)[O-])ccc1F.O=N[O-].[HH].[Na+]. The number of halogens is 2. The number of hydrogen-bond acceptors (Lipinski definition) is 19. The van der Waals surface area contributed by atoms with Gasteiger partial charge in [-0.05, 0) is 92.2 Å². The zero-order chi connectivity index (χ0) is 57.8. The van der Waals surface area contributed by atoms with Gasteiger partial charge < -0.3 is 31.8 Å². The Morgan fingerprint density at radius 1 is 0.582 bits per heavy atom. The molecule has 0 aliphatic heterocycles. The summed E-state index contributed by atoms with van der Waals surface area (Å²) in [7, 11) is 0. The summed E-state index contributed by atoms with van der Waals surface area (Å²) in [4.78, 5) is 27.7. The van der Waals surface area contributed by atoms with Crippen LogP contribution in [0.15, 0.2) is 94.7 Å². The maximum Gasteiger partial charge on any atom is 1.00 e. The molecule has 4 heterocycles. The van der Waals surface area contributed by atoms with E-state index in [2.05, 4.69) is 140 Å². The summed E-state index contributed by atoms with van der Waals surface area (Å²) < 4.78 is 20.4. The van der Waals surface area contributed by atoms with E-state index in [0.29, 0.717) is 15.5 Å². The van der Waals surface area contributed by atoms with Crippen LogP contribution in [0.3, 0.4) is 0 Å². The molecule has 0 unspecified atom stereocenters. The Morgan fingerprint density at radius 3 is 1.37 bits per heavy atom. The molecule has 0 bridgehead atoms. The quantitative estimate of drug-likeness (QED) is 0.0396. The van der Waals surface area contributed by atoms with Crippen molar-refractivity contribution in [3.63, 3.8) is 0 Å². The van der Waals surface area contributed by atoms with E-state index in [0.717, 1.165) is 88.5 Å². The summed E-state index contributed by atoms with van der Waals surface area (Å²) in [6.07, 6.45) is 0. The summed E-state index contributed by atoms with van der Waals surface area (Å²) in [5.41, 5.74) is 18.3. The summed E-state index contributed by atoms with van der Waals surface area (Å²) in [6, 6.07) is 21.9. The van der Waals surface area contributed by atoms with E-state index in [1.54, 1.807) is 28.9 Å². The minimum Gasteiger partial charge on any atom is -0.508 e. The third-order valence-corrected chi connectivity index (χ3v) is 10.8. The van der Waals surface area contributed by atoms with E-state index in [1.807, 2.05) is 44.4 Å². The summed E-state index contributed by atoms with van der Waals surface area (Å²) in [5.74, 6) is -0.226. The first-order chi connectivity index (χ1) is 35.7. The standard InChI is InChI=1S/C11H14BrN3O.C11H14N4O2.C11H16N4.C11H15N3O.C6H5FN2O2.CH4.HNO2.Na.H2/c1-11(2,3)6-15-7-4-5-8(16)9(12)10(7)13-14-15;1-11(2,3)7-14-10-5-4-8(15(16)17)6-9(10)12-13-14;1-11(2,3)7-15-10-5-4-8(12)6-9(10)13-14-15;1-11(2,3)7-14-10-5-4-8(15)6-9(10)12-13-14;7-5-2-1-4(9(10)11)3-6(5)8;;2-1-3;;/h4-5,16H,6H2,1-3H3;4-6H,7H2,1-3H3;4-6H,7,12H2,1-3H3;4-6,15H,7H2,1-3H3;1-3H,8H2;1H4;(H,2,3);;1H/q;;;;;;;+1;/p-1. The molecule has 4 aromatic heterocycles. The Hall–Kier alpha value is -7.49. The Morgan fingerprint density at radius 2 is 0.937 bits per heavy atom. The van der Waals surface area contributed by atoms with E-state index < -0.39 is 15.7 Å². The largest absolute Gasteiger partial charge is 1.00 e. The predicted octanol–water partition coefficient (Wildman–Crippen LogP) is 9.03. The second kappa shape index (κ2) is 28.4. The molecule has 0 saturated heterocycles. The van der Waals surface area contributed by atoms with Gasteiger partial charge >= 0.3 is 29.6 Å². The second-order valence-electron chi connectivity index (χ2n) is 22.4. The van der Waals surface area contributed by atoms with Crippen LogP contribution in [-0.2, 0) is 26.2 Å². The fourth-order valence-electron chi connectivity index (χ4n) is 6.93. The average Bonchev–Trinajstić information content (AvgIpc) is 4.10. The normalized spacial score (nSPS) is 11.2. The molecule has 0 aliphatic rings. The molecule has 25 nitrogen and oxygen atoms in total. The van der Waals surface area contributed by atoms with E-state index in [-0.39, 0.29) is 88.6 Å². The maximum atomic E-state index is 12.4. The van der Waals surface area contributed by atoms with Crippen LogP contribution >= 0.6 is 15.9 Å². The molecule has 28 heteroatoms. The number of aromatic hydroxyl groups is 2. The fraction of sp³-hybridized carbons (Fsp3) is 0.412. The van der Waals surface area contributed by atoms with Crippen molar-refractivity contribution in [3.8, 4) is 11.5 Å². The molecule has 79 heavy (non-hydrogen) atoms. The van der Waals surface area contributed by atoms with Gasteiger partial charge in [0.15, 0.2) is 0 Å². The number of benzene rings is 5. The van der Waals surface area contributed by atoms with E-state index >= 15 is 0 Å². The number of nitrogens with two attached hydrogens (primary N) is 2. The average molecular weight is 1170 g/mol. The summed E-state index contributed by atoms with van der Waals surface area (Å²) in [5, 5.41) is 81.0. The summed E-state index contributed by atoms with van der Waals surface area (Å²) in [6.45, 7) is 28.9. The number of nitro benzene ring substituents is 2. The Bertz CT molecular complexity index is 3380. The summed E-state index contributed by atoms with van der Waals surface area (Å²) >= 11 is 3.31. The smallest absolute Gasteiger partial charge is 0.508 e. The third kappa shape index (κ3) is 21.0. The Labute approximate surface area is 487 Å². The molecule has 0 spiro atoms. The first-order valence-electron chi connectivity index (χ1n) is 23.6. The van der Waals surface area contributed by atoms with Crippen molar-refractivity contribution in [2.45, 2.75) is 117 Å². The predicted molar refractivity (Wildman–Crippen MR) is 306 cm³/mol. The van der Waals surface area contributed by atoms with Crippen LogP contribution < -0.4 is 41.0 Å². The van der Waals surface area contributed by atoms with E-state index in [4.69, 9.17) is 21.6 Å². The van der Waals surface area contributed by atoms with Gasteiger partial charge in [0.2, 0.25) is 0 Å². The molecule has 0 radical (unpaired) electrons. The van der Waals surface area contributed by atoms with E-state index in [1.165, 1.54) is 12.1 Å². The van der Waals surface area contributed by atoms with Gasteiger partial charge in [0, 0.05) is 63.6 Å². The van der Waals surface area contributed by atoms with Crippen molar-refractivity contribution in [1.29, 1.82) is 0 Å². The van der Waals surface area contributed by atoms with Gasteiger partial charge in [0.05, 0.1) is 42.1 Å². The number of aromatic nitrogens is 12. The number of anilines is 2. The fourth-order valence-corrected chi connectivity index (χ4v) is 7.34. The number of rotatable bonds is 6. The Kier molecular flexibility index (Phi) is 24.3. The van der Waals surface area contributed by atoms with Crippen LogP contribution in [0.4, 0.5) is 27.1 Å². The van der Waals surface area contributed by atoms with Crippen LogP contribution in [0.2, 0.25) is 0 Å². The molecule has 0 fully saturated rings. The monoisotopic (exact) mass is 1170 g/mol. The van der Waals surface area contributed by atoms with Gasteiger partial charge in [-0.1, -0.05) is 111 Å². The molecule has 6 N–H and O–H groups in total. The van der Waals surface area contributed by atoms with Gasteiger partial charge in [-0.25, -0.2) is 23.1 Å². The van der Waals surface area contributed by atoms with Crippen molar-refractivity contribution in [2.24, 2.45) is 27.0 Å². The van der Waals surface area contributed by atoms with E-state index in [9.17, 15) is 34.8 Å². The molecule has 0 atom stereocenters. The molecule has 5 aromatic carbocycles. The topological polar surface area (TPSA) is 354 Å². The van der Waals surface area contributed by atoms with Gasteiger partial charge in [0.1, 0.15) is 39.4 Å². The second-order valence-corrected chi connectivity index (χ2v) is 23.2. The molecule has 0 saturated carbocycles. The Balaban J connectivity index is 0.000000492. The van der Waals surface area contributed by atoms with Gasteiger partial charge in [-0.15, -0.1) is 25.7 Å². The zero-order valence-corrected chi connectivity index (χ0v) is 49.5. The van der Waals surface area contributed by atoms with Crippen LogP contribution in [-0.4, -0.2) is 80.0 Å². The molecular weight excluding hydrogens is 1100 g/mol. The minimum absolute atomic E-state index is 0. The number of nitrogens with zero attached hydrogens (tertiary/aromatic N) is 15. The van der Waals surface area contributed by atoms with Crippen LogP contribution in [0.25, 0.3) is 44.1 Å². The van der Waals surface area contributed by atoms with Gasteiger partial charge in [-0.3, -0.25) is 20.2 Å². The van der Waals surface area contributed by atoms with Crippen LogP contribution in [0, 0.1) is 57.8 Å². The van der Waals surface area contributed by atoms with Crippen LogP contribution in [0.1, 0.15) is 91.9 Å². The molecule has 9 aromatic rings. The molecule has 0 aliphatic carbocycles. The number of hydrogen-bond donors (Lipinski definition) is 4. The minimum atomic E-state index is -0.643. The molecular formula is C51H70BrFN17NaO8. The van der Waals surface area contributed by atoms with Crippen molar-refractivity contribution >= 4 is 82.8 Å². The molecule has 9 rings (SSSR count). The first kappa shape index (κ1) is 67.6. The first-order valence-corrected chi connectivity index (χ1v) is 24.4. The molecule has 0 amide bonds. The number of phenols is 2. The van der Waals surface area contributed by atoms with Crippen LogP contribution in [0.5, 0.6) is 11.5 Å². The number of fused-ring (bicyclic) bond motifs is 4. The maximum absolute atomic E-state index is 12.4. The van der Waals surface area contributed by atoms with Crippen molar-refractivity contribution in [2.75, 3.05) is 11.5 Å². The number of nitro groups is 2. The van der Waals surface area contributed by atoms with Crippen molar-refractivity contribution in [3.05, 3.63) is 126 Å². The zero-order valence-electron chi connectivity index (χ0n) is 45.9. The van der Waals surface area contributed by atoms with Crippen molar-refractivity contribution < 1.29 is 55.4 Å². The van der Waals surface area contributed by atoms with Crippen molar-refractivity contribution in [1.82, 2.24) is 60.0 Å².